The molecule has 3 aromatic rings. The number of hydrogen-bond acceptors (Lipinski definition) is 6. The third-order valence-corrected chi connectivity index (χ3v) is 5.54. The zero-order valence-corrected chi connectivity index (χ0v) is 18.8. The Balaban J connectivity index is 1.58. The number of aliphatic carboxylic acids is 1. The number of carbonyl (C=O) groups excluding carboxylic acids is 1. The van der Waals surface area contributed by atoms with Crippen LogP contribution in [0.3, 0.4) is 0 Å². The molecule has 1 aliphatic heterocycles. The lowest BCUT2D eigenvalue weighted by Crippen LogP contribution is -2.41. The van der Waals surface area contributed by atoms with Gasteiger partial charge in [-0.25, -0.2) is 9.59 Å². The van der Waals surface area contributed by atoms with Crippen molar-refractivity contribution in [2.24, 2.45) is 0 Å². The third kappa shape index (κ3) is 5.52. The van der Waals surface area contributed by atoms with Crippen LogP contribution in [-0.4, -0.2) is 60.9 Å². The molecule has 0 atom stereocenters. The van der Waals surface area contributed by atoms with Crippen LogP contribution in [0.4, 0.5) is 11.4 Å². The van der Waals surface area contributed by atoms with E-state index in [1.807, 2.05) is 17.0 Å². The summed E-state index contributed by atoms with van der Waals surface area (Å²) in [6.07, 6.45) is 0. The minimum atomic E-state index is -1.08. The fraction of sp³-hybridized carbons (Fsp3) is 0.192. The maximum Gasteiger partial charge on any atom is 0.341 e. The zero-order chi connectivity index (χ0) is 24.8. The number of benzene rings is 3. The van der Waals surface area contributed by atoms with Crippen molar-refractivity contribution in [3.05, 3.63) is 83.9 Å². The number of ether oxygens (including phenoxy) is 2. The van der Waals surface area contributed by atoms with Crippen molar-refractivity contribution in [1.82, 2.24) is 0 Å². The van der Waals surface area contributed by atoms with Gasteiger partial charge in [-0.1, -0.05) is 24.3 Å². The maximum absolute atomic E-state index is 13.4. The molecule has 1 heterocycles. The molecule has 0 aliphatic carbocycles. The molecule has 180 valence electrons. The number of carboxylic acids is 2. The van der Waals surface area contributed by atoms with Crippen molar-refractivity contribution >= 4 is 29.2 Å². The molecule has 9 nitrogen and oxygen atoms in total. The molecule has 0 unspecified atom stereocenters. The lowest BCUT2D eigenvalue weighted by Gasteiger charge is -2.34. The van der Waals surface area contributed by atoms with Crippen LogP contribution in [0.5, 0.6) is 11.5 Å². The van der Waals surface area contributed by atoms with Gasteiger partial charge in [0.25, 0.3) is 5.91 Å². The van der Waals surface area contributed by atoms with E-state index < -0.39 is 18.5 Å². The lowest BCUT2D eigenvalue weighted by atomic mass is 10.1. The molecule has 0 radical (unpaired) electrons. The number of carboxylic acid groups (broad SMARTS) is 2. The Morgan fingerprint density at radius 1 is 0.914 bits per heavy atom. The first-order valence-corrected chi connectivity index (χ1v) is 11.0. The van der Waals surface area contributed by atoms with Gasteiger partial charge in [0.2, 0.25) is 0 Å². The second kappa shape index (κ2) is 10.6. The van der Waals surface area contributed by atoms with Gasteiger partial charge < -0.3 is 29.5 Å². The largest absolute Gasteiger partial charge is 0.486 e. The van der Waals surface area contributed by atoms with E-state index in [1.165, 1.54) is 12.1 Å². The summed E-state index contributed by atoms with van der Waals surface area (Å²) >= 11 is 0. The smallest absolute Gasteiger partial charge is 0.341 e. The molecule has 0 aromatic heterocycles. The van der Waals surface area contributed by atoms with E-state index in [-0.39, 0.29) is 11.5 Å². The quantitative estimate of drug-likeness (QED) is 0.483. The van der Waals surface area contributed by atoms with Crippen molar-refractivity contribution < 1.29 is 34.1 Å². The normalized spacial score (nSPS) is 12.3. The van der Waals surface area contributed by atoms with Gasteiger partial charge in [0.15, 0.2) is 18.1 Å². The van der Waals surface area contributed by atoms with Crippen LogP contribution in [0.1, 0.15) is 20.7 Å². The fourth-order valence-corrected chi connectivity index (χ4v) is 3.85. The predicted octanol–water partition coefficient (Wildman–Crippen LogP) is 3.39. The molecular formula is C26H24N2O7. The molecule has 0 bridgehead atoms. The molecule has 2 N–H and O–H groups in total. The molecule has 0 saturated heterocycles. The summed E-state index contributed by atoms with van der Waals surface area (Å²) in [4.78, 5) is 39.2. The lowest BCUT2D eigenvalue weighted by molar-refractivity contribution is -0.139. The third-order valence-electron chi connectivity index (χ3n) is 5.54. The number of rotatable bonds is 9. The molecule has 1 aliphatic rings. The summed E-state index contributed by atoms with van der Waals surface area (Å²) in [7, 11) is 0. The molecule has 0 spiro atoms. The topological polar surface area (TPSA) is 117 Å². The number of amides is 1. The number of hydrogen-bond donors (Lipinski definition) is 2. The molecule has 4 rings (SSSR count). The van der Waals surface area contributed by atoms with Gasteiger partial charge in [-0.05, 0) is 48.5 Å². The highest BCUT2D eigenvalue weighted by Crippen LogP contribution is 2.39. The first kappa shape index (κ1) is 23.6. The van der Waals surface area contributed by atoms with Crippen molar-refractivity contribution in [3.63, 3.8) is 0 Å². The molecule has 1 amide bonds. The standard InChI is InChI=1S/C26H24N2O7/c29-23(30)17-35-22-8-4-7-21-24(22)34-16-15-27(21)13-14-28(25(31)18-5-2-1-3-6-18)20-11-9-19(10-12-20)26(32)33/h1-12H,13-17H2,(H,29,30)(H,32,33). The van der Waals surface area contributed by atoms with Gasteiger partial charge in [-0.2, -0.15) is 0 Å². The summed E-state index contributed by atoms with van der Waals surface area (Å²) in [5, 5.41) is 18.1. The Labute approximate surface area is 201 Å². The van der Waals surface area contributed by atoms with Crippen molar-refractivity contribution in [1.29, 1.82) is 0 Å². The Morgan fingerprint density at radius 2 is 1.66 bits per heavy atom. The maximum atomic E-state index is 13.4. The van der Waals surface area contributed by atoms with Crippen LogP contribution >= 0.6 is 0 Å². The van der Waals surface area contributed by atoms with Gasteiger partial charge in [0.1, 0.15) is 6.61 Å². The van der Waals surface area contributed by atoms with Crippen molar-refractivity contribution in [3.8, 4) is 11.5 Å². The van der Waals surface area contributed by atoms with Crippen LogP contribution in [0.25, 0.3) is 0 Å². The zero-order valence-electron chi connectivity index (χ0n) is 18.8. The van der Waals surface area contributed by atoms with E-state index in [1.54, 1.807) is 53.4 Å². The van der Waals surface area contributed by atoms with E-state index in [2.05, 4.69) is 0 Å². The number of fused-ring (bicyclic) bond motifs is 1. The Morgan fingerprint density at radius 3 is 2.34 bits per heavy atom. The molecule has 3 aromatic carbocycles. The molecular weight excluding hydrogens is 452 g/mol. The Hall–Kier alpha value is -4.53. The van der Waals surface area contributed by atoms with Crippen molar-refractivity contribution in [2.75, 3.05) is 42.6 Å². The van der Waals surface area contributed by atoms with Crippen molar-refractivity contribution in [2.45, 2.75) is 0 Å². The minimum Gasteiger partial charge on any atom is -0.486 e. The highest BCUT2D eigenvalue weighted by molar-refractivity contribution is 6.06. The average Bonchev–Trinajstić information content (AvgIpc) is 2.88. The summed E-state index contributed by atoms with van der Waals surface area (Å²) in [5.74, 6) is -1.52. The highest BCUT2D eigenvalue weighted by Gasteiger charge is 2.24. The SMILES string of the molecule is O=C(O)COc1cccc2c1OCCN2CCN(C(=O)c1ccccc1)c1ccc(C(=O)O)cc1. The number of nitrogens with zero attached hydrogens (tertiary/aromatic N) is 2. The van der Waals surface area contributed by atoms with Crippen LogP contribution in [0, 0.1) is 0 Å². The average molecular weight is 476 g/mol. The summed E-state index contributed by atoms with van der Waals surface area (Å²) < 4.78 is 11.1. The van der Waals surface area contributed by atoms with Gasteiger partial charge >= 0.3 is 11.9 Å². The van der Waals surface area contributed by atoms with Crippen LogP contribution in [0.15, 0.2) is 72.8 Å². The summed E-state index contributed by atoms with van der Waals surface area (Å²) in [6, 6.07) is 20.3. The van der Waals surface area contributed by atoms with E-state index in [4.69, 9.17) is 14.6 Å². The van der Waals surface area contributed by atoms with E-state index >= 15 is 0 Å². The van der Waals surface area contributed by atoms with Gasteiger partial charge in [0, 0.05) is 24.3 Å². The summed E-state index contributed by atoms with van der Waals surface area (Å²) in [6.45, 7) is 1.24. The van der Waals surface area contributed by atoms with Gasteiger partial charge in [0.05, 0.1) is 17.8 Å². The first-order valence-electron chi connectivity index (χ1n) is 11.0. The van der Waals surface area contributed by atoms with Crippen LogP contribution in [-0.2, 0) is 4.79 Å². The molecule has 0 fully saturated rings. The second-order valence-electron chi connectivity index (χ2n) is 7.80. The van der Waals surface area contributed by atoms with Crippen LogP contribution < -0.4 is 19.3 Å². The Bertz CT molecular complexity index is 1210. The first-order chi connectivity index (χ1) is 16.9. The number of aromatic carboxylic acids is 1. The van der Waals surface area contributed by atoms with E-state index in [0.717, 1.165) is 5.69 Å². The molecule has 0 saturated carbocycles. The molecule has 35 heavy (non-hydrogen) atoms. The van der Waals surface area contributed by atoms with Gasteiger partial charge in [-0.3, -0.25) is 4.79 Å². The Kier molecular flexibility index (Phi) is 7.15. The number of anilines is 2. The second-order valence-corrected chi connectivity index (χ2v) is 7.80. The van der Waals surface area contributed by atoms with E-state index in [0.29, 0.717) is 49.0 Å². The summed E-state index contributed by atoms with van der Waals surface area (Å²) in [5.41, 5.74) is 1.97. The number of para-hydroxylation sites is 1. The fourth-order valence-electron chi connectivity index (χ4n) is 3.85. The van der Waals surface area contributed by atoms with E-state index in [9.17, 15) is 19.5 Å². The monoisotopic (exact) mass is 476 g/mol. The van der Waals surface area contributed by atoms with Gasteiger partial charge in [-0.15, -0.1) is 0 Å². The highest BCUT2D eigenvalue weighted by atomic mass is 16.5. The number of carbonyl (C=O) groups is 3. The predicted molar refractivity (Wildman–Crippen MR) is 129 cm³/mol. The van der Waals surface area contributed by atoms with Crippen LogP contribution in [0.2, 0.25) is 0 Å². The minimum absolute atomic E-state index is 0.136. The molecule has 9 heteroatoms.